The van der Waals surface area contributed by atoms with E-state index in [1.165, 1.54) is 11.8 Å². The molecule has 1 aromatic carbocycles. The topological polar surface area (TPSA) is 78.0 Å². The molecule has 0 radical (unpaired) electrons. The van der Waals surface area contributed by atoms with Crippen LogP contribution in [-0.4, -0.2) is 39.4 Å². The van der Waals surface area contributed by atoms with E-state index in [2.05, 4.69) is 15.3 Å². The molecule has 6 heteroatoms. The number of rotatable bonds is 7. The summed E-state index contributed by atoms with van der Waals surface area (Å²) in [6.45, 7) is 6.18. The summed E-state index contributed by atoms with van der Waals surface area (Å²) in [6, 6.07) is 7.88. The summed E-state index contributed by atoms with van der Waals surface area (Å²) in [4.78, 5) is 19.6. The molecule has 1 aromatic heterocycles. The fourth-order valence-corrected chi connectivity index (χ4v) is 2.72. The van der Waals surface area contributed by atoms with Gasteiger partial charge in [-0.05, 0) is 25.0 Å². The second-order valence-corrected chi connectivity index (χ2v) is 7.04. The molecule has 0 aliphatic carbocycles. The maximum atomic E-state index is 11.8. The number of nitrogens with zero attached hydrogens (tertiary/aromatic N) is 1. The Bertz CT molecular complexity index is 594. The van der Waals surface area contributed by atoms with Crippen LogP contribution in [0, 0.1) is 5.92 Å². The number of hydrogen-bond donors (Lipinski definition) is 3. The first-order valence-electron chi connectivity index (χ1n) is 7.48. The highest BCUT2D eigenvalue weighted by atomic mass is 32.2. The second kappa shape index (κ2) is 7.65. The third kappa shape index (κ3) is 4.48. The molecule has 0 aliphatic rings. The fraction of sp³-hybridized carbons (Fsp3) is 0.500. The molecule has 2 atom stereocenters. The molecule has 120 valence electrons. The Kier molecular flexibility index (Phi) is 5.85. The summed E-state index contributed by atoms with van der Waals surface area (Å²) >= 11 is 1.53. The number of benzene rings is 1. The maximum absolute atomic E-state index is 11.8. The van der Waals surface area contributed by atoms with Crippen molar-refractivity contribution >= 4 is 28.7 Å². The first kappa shape index (κ1) is 16.8. The summed E-state index contributed by atoms with van der Waals surface area (Å²) < 4.78 is 0. The van der Waals surface area contributed by atoms with Gasteiger partial charge < -0.3 is 15.4 Å². The number of aliphatic hydroxyl groups is 1. The molecule has 3 N–H and O–H groups in total. The minimum atomic E-state index is -0.498. The smallest absolute Gasteiger partial charge is 0.230 e. The summed E-state index contributed by atoms with van der Waals surface area (Å²) in [6.07, 6.45) is -0.498. The number of imidazole rings is 1. The lowest BCUT2D eigenvalue weighted by Gasteiger charge is -2.15. The van der Waals surface area contributed by atoms with Crippen molar-refractivity contribution in [3.05, 3.63) is 30.1 Å². The summed E-state index contributed by atoms with van der Waals surface area (Å²) in [5, 5.41) is 12.5. The van der Waals surface area contributed by atoms with Crippen molar-refractivity contribution in [1.82, 2.24) is 15.3 Å². The Labute approximate surface area is 134 Å². The van der Waals surface area contributed by atoms with Crippen LogP contribution in [0.3, 0.4) is 0 Å². The van der Waals surface area contributed by atoms with Crippen molar-refractivity contribution < 1.29 is 9.90 Å². The van der Waals surface area contributed by atoms with Crippen LogP contribution in [0.1, 0.15) is 31.8 Å². The molecular weight excluding hydrogens is 298 g/mol. The number of carbonyl (C=O) groups is 1. The number of aromatic amines is 1. The van der Waals surface area contributed by atoms with Crippen LogP contribution in [-0.2, 0) is 4.79 Å². The van der Waals surface area contributed by atoms with E-state index in [9.17, 15) is 9.90 Å². The average molecular weight is 321 g/mol. The molecular formula is C16H23N3O2S. The number of hydrogen-bond acceptors (Lipinski definition) is 4. The SMILES string of the molecule is CC(SCC(=O)NCC(O)C(C)C)c1nc2ccccc2[nH]1. The van der Waals surface area contributed by atoms with Gasteiger partial charge in [0, 0.05) is 6.54 Å². The first-order valence-corrected chi connectivity index (χ1v) is 8.53. The van der Waals surface area contributed by atoms with Gasteiger partial charge in [0.25, 0.3) is 0 Å². The summed E-state index contributed by atoms with van der Waals surface area (Å²) in [5.41, 5.74) is 1.95. The van der Waals surface area contributed by atoms with E-state index < -0.39 is 6.10 Å². The molecule has 0 spiro atoms. The van der Waals surface area contributed by atoms with E-state index in [-0.39, 0.29) is 17.1 Å². The molecule has 2 unspecified atom stereocenters. The number of amides is 1. The zero-order valence-electron chi connectivity index (χ0n) is 13.2. The van der Waals surface area contributed by atoms with Crippen molar-refractivity contribution in [2.75, 3.05) is 12.3 Å². The van der Waals surface area contributed by atoms with Gasteiger partial charge in [0.1, 0.15) is 5.82 Å². The van der Waals surface area contributed by atoms with E-state index in [0.29, 0.717) is 12.3 Å². The summed E-state index contributed by atoms with van der Waals surface area (Å²) in [7, 11) is 0. The highest BCUT2D eigenvalue weighted by molar-refractivity contribution is 8.00. The van der Waals surface area contributed by atoms with Crippen molar-refractivity contribution in [1.29, 1.82) is 0 Å². The Morgan fingerprint density at radius 3 is 2.77 bits per heavy atom. The summed E-state index contributed by atoms with van der Waals surface area (Å²) in [5.74, 6) is 1.31. The van der Waals surface area contributed by atoms with Crippen LogP contribution in [0.4, 0.5) is 0 Å². The molecule has 0 bridgehead atoms. The maximum Gasteiger partial charge on any atom is 0.230 e. The van der Waals surface area contributed by atoms with Crippen LogP contribution < -0.4 is 5.32 Å². The van der Waals surface area contributed by atoms with Crippen molar-refractivity contribution in [3.8, 4) is 0 Å². The van der Waals surface area contributed by atoms with Gasteiger partial charge in [-0.15, -0.1) is 11.8 Å². The minimum Gasteiger partial charge on any atom is -0.391 e. The normalized spacial score (nSPS) is 14.2. The Hall–Kier alpha value is -1.53. The third-order valence-corrected chi connectivity index (χ3v) is 4.69. The standard InChI is InChI=1S/C16H23N3O2S/c1-10(2)14(20)8-17-15(21)9-22-11(3)16-18-12-6-4-5-7-13(12)19-16/h4-7,10-11,14,20H,8-9H2,1-3H3,(H,17,21)(H,18,19). The van der Waals surface area contributed by atoms with Gasteiger partial charge in [0.05, 0.1) is 28.1 Å². The molecule has 5 nitrogen and oxygen atoms in total. The van der Waals surface area contributed by atoms with Gasteiger partial charge in [-0.25, -0.2) is 4.98 Å². The van der Waals surface area contributed by atoms with Gasteiger partial charge in [0.15, 0.2) is 0 Å². The Morgan fingerprint density at radius 1 is 1.36 bits per heavy atom. The van der Waals surface area contributed by atoms with Crippen molar-refractivity contribution in [3.63, 3.8) is 0 Å². The number of para-hydroxylation sites is 2. The van der Waals surface area contributed by atoms with Crippen LogP contribution in [0.5, 0.6) is 0 Å². The van der Waals surface area contributed by atoms with Crippen LogP contribution in [0.25, 0.3) is 11.0 Å². The molecule has 2 rings (SSSR count). The number of fused-ring (bicyclic) bond motifs is 1. The fourth-order valence-electron chi connectivity index (χ4n) is 1.95. The highest BCUT2D eigenvalue weighted by Crippen LogP contribution is 2.27. The molecule has 1 heterocycles. The largest absolute Gasteiger partial charge is 0.391 e. The van der Waals surface area contributed by atoms with Crippen LogP contribution >= 0.6 is 11.8 Å². The molecule has 2 aromatic rings. The third-order valence-electron chi connectivity index (χ3n) is 3.54. The predicted octanol–water partition coefficient (Wildman–Crippen LogP) is 2.49. The van der Waals surface area contributed by atoms with Crippen LogP contribution in [0.2, 0.25) is 0 Å². The highest BCUT2D eigenvalue weighted by Gasteiger charge is 2.14. The zero-order valence-corrected chi connectivity index (χ0v) is 14.0. The zero-order chi connectivity index (χ0) is 16.1. The number of aliphatic hydroxyl groups excluding tert-OH is 1. The van der Waals surface area contributed by atoms with E-state index in [0.717, 1.165) is 16.9 Å². The number of nitrogens with one attached hydrogen (secondary N) is 2. The monoisotopic (exact) mass is 321 g/mol. The molecule has 0 aliphatic heterocycles. The van der Waals surface area contributed by atoms with Gasteiger partial charge in [-0.1, -0.05) is 26.0 Å². The molecule has 0 fully saturated rings. The van der Waals surface area contributed by atoms with E-state index >= 15 is 0 Å². The molecule has 1 amide bonds. The van der Waals surface area contributed by atoms with E-state index in [4.69, 9.17) is 0 Å². The Morgan fingerprint density at radius 2 is 2.09 bits per heavy atom. The number of H-pyrrole nitrogens is 1. The van der Waals surface area contributed by atoms with Crippen molar-refractivity contribution in [2.45, 2.75) is 32.1 Å². The average Bonchev–Trinajstić information content (AvgIpc) is 2.94. The number of thioether (sulfide) groups is 1. The van der Waals surface area contributed by atoms with Crippen LogP contribution in [0.15, 0.2) is 24.3 Å². The predicted molar refractivity (Wildman–Crippen MR) is 90.8 cm³/mol. The first-order chi connectivity index (χ1) is 10.5. The van der Waals surface area contributed by atoms with Gasteiger partial charge in [0.2, 0.25) is 5.91 Å². The Balaban J connectivity index is 1.82. The van der Waals surface area contributed by atoms with Crippen molar-refractivity contribution in [2.24, 2.45) is 5.92 Å². The lowest BCUT2D eigenvalue weighted by molar-refractivity contribution is -0.119. The number of aromatic nitrogens is 2. The minimum absolute atomic E-state index is 0.0624. The number of carbonyl (C=O) groups excluding carboxylic acids is 1. The van der Waals surface area contributed by atoms with Gasteiger partial charge >= 0.3 is 0 Å². The second-order valence-electron chi connectivity index (χ2n) is 5.71. The molecule has 0 saturated heterocycles. The molecule has 0 saturated carbocycles. The lowest BCUT2D eigenvalue weighted by atomic mass is 10.1. The van der Waals surface area contributed by atoms with Gasteiger partial charge in [-0.2, -0.15) is 0 Å². The van der Waals surface area contributed by atoms with E-state index in [1.54, 1.807) is 0 Å². The van der Waals surface area contributed by atoms with E-state index in [1.807, 2.05) is 45.0 Å². The quantitative estimate of drug-likeness (QED) is 0.732. The van der Waals surface area contributed by atoms with Gasteiger partial charge in [-0.3, -0.25) is 4.79 Å². The molecule has 22 heavy (non-hydrogen) atoms. The lowest BCUT2D eigenvalue weighted by Crippen LogP contribution is -2.35.